The van der Waals surface area contributed by atoms with Crippen molar-refractivity contribution >= 4 is 23.4 Å². The van der Waals surface area contributed by atoms with Crippen LogP contribution in [0.25, 0.3) is 0 Å². The van der Waals surface area contributed by atoms with Crippen molar-refractivity contribution < 1.29 is 29.0 Å². The van der Waals surface area contributed by atoms with Crippen molar-refractivity contribution in [2.24, 2.45) is 11.8 Å². The number of hydrogen-bond acceptors (Lipinski definition) is 7. The number of aliphatic hydroxyl groups excluding tert-OH is 1. The number of amides is 3. The van der Waals surface area contributed by atoms with Crippen molar-refractivity contribution in [3.05, 3.63) is 23.8 Å². The van der Waals surface area contributed by atoms with Gasteiger partial charge in [-0.1, -0.05) is 26.2 Å². The highest BCUT2D eigenvalue weighted by Gasteiger charge is 2.31. The van der Waals surface area contributed by atoms with E-state index in [1.165, 1.54) is 6.42 Å². The summed E-state index contributed by atoms with van der Waals surface area (Å²) in [6.45, 7) is 7.78. The molecule has 0 spiro atoms. The van der Waals surface area contributed by atoms with E-state index in [0.717, 1.165) is 57.9 Å². The molecule has 254 valence electrons. The molecule has 0 saturated heterocycles. The minimum atomic E-state index is -0.468. The van der Waals surface area contributed by atoms with Gasteiger partial charge in [0.15, 0.2) is 0 Å². The summed E-state index contributed by atoms with van der Waals surface area (Å²) in [6.07, 6.45) is 8.43. The number of nitrogens with zero attached hydrogens (tertiary/aromatic N) is 3. The standard InChI is InChI=1S/C35H58N4O6/c1-25-22-39(26(2)24-40)35(43)30-21-29(36-34(42)28-14-8-7-9-15-28)17-18-31(30)45-27(3)13-10-11-20-44-32(25)23-38(6)33(41)16-12-19-37(4)5/h17-18,21,25-28,32,40H,7-16,19-20,22-24H2,1-6H3,(H,36,42)/t25-,26-,27-,32-/m0/s1. The van der Waals surface area contributed by atoms with Crippen LogP contribution in [0.1, 0.15) is 95.3 Å². The fraction of sp³-hybridized carbons (Fsp3) is 0.743. The van der Waals surface area contributed by atoms with E-state index in [2.05, 4.69) is 10.2 Å². The number of carbonyl (C=O) groups is 3. The van der Waals surface area contributed by atoms with Crippen molar-refractivity contribution in [1.82, 2.24) is 14.7 Å². The van der Waals surface area contributed by atoms with Crippen molar-refractivity contribution in [3.63, 3.8) is 0 Å². The van der Waals surface area contributed by atoms with E-state index in [1.54, 1.807) is 28.0 Å². The lowest BCUT2D eigenvalue weighted by atomic mass is 9.88. The lowest BCUT2D eigenvalue weighted by Gasteiger charge is -2.36. The molecule has 1 heterocycles. The first kappa shape index (κ1) is 36.8. The maximum atomic E-state index is 14.3. The largest absolute Gasteiger partial charge is 0.490 e. The summed E-state index contributed by atoms with van der Waals surface area (Å²) in [4.78, 5) is 45.8. The van der Waals surface area contributed by atoms with Gasteiger partial charge in [0.1, 0.15) is 5.75 Å². The van der Waals surface area contributed by atoms with E-state index in [0.29, 0.717) is 43.1 Å². The predicted octanol–water partition coefficient (Wildman–Crippen LogP) is 4.80. The van der Waals surface area contributed by atoms with Crippen LogP contribution in [-0.4, -0.2) is 110 Å². The molecule has 2 N–H and O–H groups in total. The first-order valence-corrected chi connectivity index (χ1v) is 17.0. The summed E-state index contributed by atoms with van der Waals surface area (Å²) in [5.74, 6) is 0.127. The van der Waals surface area contributed by atoms with Crippen LogP contribution in [0.5, 0.6) is 5.75 Å². The number of nitrogens with one attached hydrogen (secondary N) is 1. The Kier molecular flexibility index (Phi) is 15.1. The molecule has 1 fully saturated rings. The number of hydrogen-bond donors (Lipinski definition) is 2. The van der Waals surface area contributed by atoms with Gasteiger partial charge >= 0.3 is 0 Å². The Labute approximate surface area is 270 Å². The third-order valence-corrected chi connectivity index (χ3v) is 9.17. The zero-order valence-electron chi connectivity index (χ0n) is 28.6. The van der Waals surface area contributed by atoms with Gasteiger partial charge in [-0.15, -0.1) is 0 Å². The number of likely N-dealkylation sites (N-methyl/N-ethyl adjacent to an activating group) is 1. The average Bonchev–Trinajstić information content (AvgIpc) is 3.02. The minimum absolute atomic E-state index is 0.00754. The van der Waals surface area contributed by atoms with Gasteiger partial charge in [-0.3, -0.25) is 14.4 Å². The molecule has 0 aromatic heterocycles. The van der Waals surface area contributed by atoms with Crippen LogP contribution in [-0.2, 0) is 14.3 Å². The van der Waals surface area contributed by atoms with Crippen LogP contribution < -0.4 is 10.1 Å². The summed E-state index contributed by atoms with van der Waals surface area (Å²) >= 11 is 0. The van der Waals surface area contributed by atoms with Gasteiger partial charge in [0, 0.05) is 50.7 Å². The SMILES string of the molecule is C[C@H]1CCCCO[C@@H](CN(C)C(=O)CCCN(C)C)[C@@H](C)CN([C@@H](C)CO)C(=O)c2cc(NC(=O)C3CCCCC3)ccc2O1. The van der Waals surface area contributed by atoms with Gasteiger partial charge in [-0.2, -0.15) is 0 Å². The van der Waals surface area contributed by atoms with E-state index >= 15 is 0 Å². The first-order valence-electron chi connectivity index (χ1n) is 17.0. The molecule has 3 amide bonds. The fourth-order valence-electron chi connectivity index (χ4n) is 6.18. The van der Waals surface area contributed by atoms with Gasteiger partial charge in [-0.05, 0) is 91.2 Å². The van der Waals surface area contributed by atoms with E-state index in [1.807, 2.05) is 41.9 Å². The van der Waals surface area contributed by atoms with Gasteiger partial charge in [0.05, 0.1) is 30.4 Å². The Morgan fingerprint density at radius 1 is 1.07 bits per heavy atom. The maximum Gasteiger partial charge on any atom is 0.258 e. The summed E-state index contributed by atoms with van der Waals surface area (Å²) < 4.78 is 12.7. The molecular formula is C35H58N4O6. The number of rotatable bonds is 10. The molecule has 1 aliphatic carbocycles. The lowest BCUT2D eigenvalue weighted by Crippen LogP contribution is -2.48. The number of anilines is 1. The van der Waals surface area contributed by atoms with E-state index in [4.69, 9.17) is 9.47 Å². The second kappa shape index (κ2) is 18.5. The zero-order valence-corrected chi connectivity index (χ0v) is 28.6. The van der Waals surface area contributed by atoms with Crippen LogP contribution in [0.2, 0.25) is 0 Å². The van der Waals surface area contributed by atoms with Gasteiger partial charge in [-0.25, -0.2) is 0 Å². The van der Waals surface area contributed by atoms with E-state index in [-0.39, 0.29) is 48.4 Å². The minimum Gasteiger partial charge on any atom is -0.490 e. The molecule has 0 bridgehead atoms. The van der Waals surface area contributed by atoms with Crippen LogP contribution in [0.15, 0.2) is 18.2 Å². The topological polar surface area (TPSA) is 112 Å². The highest BCUT2D eigenvalue weighted by Crippen LogP contribution is 2.30. The number of aliphatic hydroxyl groups is 1. The molecule has 0 radical (unpaired) electrons. The van der Waals surface area contributed by atoms with Gasteiger partial charge in [0.2, 0.25) is 11.8 Å². The Hall–Kier alpha value is -2.69. The van der Waals surface area contributed by atoms with Gasteiger partial charge < -0.3 is 34.6 Å². The van der Waals surface area contributed by atoms with E-state index in [9.17, 15) is 19.5 Å². The van der Waals surface area contributed by atoms with Crippen molar-refractivity contribution in [3.8, 4) is 5.75 Å². The third-order valence-electron chi connectivity index (χ3n) is 9.17. The Morgan fingerprint density at radius 2 is 1.78 bits per heavy atom. The molecule has 0 unspecified atom stereocenters. The Morgan fingerprint density at radius 3 is 2.47 bits per heavy atom. The highest BCUT2D eigenvalue weighted by atomic mass is 16.5. The molecule has 1 saturated carbocycles. The summed E-state index contributed by atoms with van der Waals surface area (Å²) in [5, 5.41) is 13.3. The molecule has 45 heavy (non-hydrogen) atoms. The van der Waals surface area contributed by atoms with Crippen molar-refractivity contribution in [2.75, 3.05) is 59.3 Å². The van der Waals surface area contributed by atoms with Crippen LogP contribution in [0.4, 0.5) is 5.69 Å². The second-order valence-corrected chi connectivity index (χ2v) is 13.5. The molecule has 1 aliphatic heterocycles. The van der Waals surface area contributed by atoms with Crippen molar-refractivity contribution in [1.29, 1.82) is 0 Å². The maximum absolute atomic E-state index is 14.3. The smallest absolute Gasteiger partial charge is 0.258 e. The van der Waals surface area contributed by atoms with Gasteiger partial charge in [0.25, 0.3) is 5.91 Å². The number of carbonyl (C=O) groups excluding carboxylic acids is 3. The Bertz CT molecular complexity index is 1090. The van der Waals surface area contributed by atoms with Crippen LogP contribution >= 0.6 is 0 Å². The number of benzene rings is 1. The molecular weight excluding hydrogens is 572 g/mol. The predicted molar refractivity (Wildman–Crippen MR) is 178 cm³/mol. The molecule has 2 aliphatic rings. The molecule has 3 rings (SSSR count). The zero-order chi connectivity index (χ0) is 32.9. The highest BCUT2D eigenvalue weighted by molar-refractivity contribution is 6.00. The van der Waals surface area contributed by atoms with Crippen LogP contribution in [0, 0.1) is 11.8 Å². The molecule has 4 atom stereocenters. The quantitative estimate of drug-likeness (QED) is 0.382. The molecule has 10 heteroatoms. The average molecular weight is 631 g/mol. The summed E-state index contributed by atoms with van der Waals surface area (Å²) in [6, 6.07) is 4.83. The molecule has 1 aromatic rings. The lowest BCUT2D eigenvalue weighted by molar-refractivity contribution is -0.132. The summed E-state index contributed by atoms with van der Waals surface area (Å²) in [5.41, 5.74) is 0.925. The second-order valence-electron chi connectivity index (χ2n) is 13.5. The monoisotopic (exact) mass is 630 g/mol. The van der Waals surface area contributed by atoms with Crippen LogP contribution in [0.3, 0.4) is 0 Å². The Balaban J connectivity index is 1.87. The summed E-state index contributed by atoms with van der Waals surface area (Å²) in [7, 11) is 5.81. The molecule has 10 nitrogen and oxygen atoms in total. The van der Waals surface area contributed by atoms with Crippen molar-refractivity contribution in [2.45, 2.75) is 103 Å². The fourth-order valence-corrected chi connectivity index (χ4v) is 6.18. The normalized spacial score (nSPS) is 23.1. The number of fused-ring (bicyclic) bond motifs is 1. The third kappa shape index (κ3) is 11.6. The van der Waals surface area contributed by atoms with E-state index < -0.39 is 6.04 Å². The number of ether oxygens (including phenoxy) is 2. The molecule has 1 aromatic carbocycles. The first-order chi connectivity index (χ1) is 21.5.